The predicted molar refractivity (Wildman–Crippen MR) is 103 cm³/mol. The van der Waals surface area contributed by atoms with Gasteiger partial charge >= 0.3 is 0 Å². The molecule has 0 aromatic carbocycles. The van der Waals surface area contributed by atoms with Crippen molar-refractivity contribution in [1.29, 1.82) is 0 Å². The Morgan fingerprint density at radius 2 is 2.22 bits per heavy atom. The minimum Gasteiger partial charge on any atom is -0.476 e. The lowest BCUT2D eigenvalue weighted by Gasteiger charge is -2.37. The van der Waals surface area contributed by atoms with E-state index in [1.165, 1.54) is 11.8 Å². The summed E-state index contributed by atoms with van der Waals surface area (Å²) in [5.41, 5.74) is 2.90. The molecule has 1 fully saturated rings. The van der Waals surface area contributed by atoms with Gasteiger partial charge in [0.05, 0.1) is 37.5 Å². The highest BCUT2D eigenvalue weighted by atomic mass is 32.2. The van der Waals surface area contributed by atoms with Gasteiger partial charge in [-0.05, 0) is 33.1 Å². The first-order valence-electron chi connectivity index (χ1n) is 9.46. The molecule has 1 aliphatic heterocycles. The average molecular weight is 391 g/mol. The van der Waals surface area contributed by atoms with Crippen molar-refractivity contribution in [2.24, 2.45) is 5.41 Å². The molecule has 7 nitrogen and oxygen atoms in total. The van der Waals surface area contributed by atoms with Crippen LogP contribution in [0.15, 0.2) is 16.3 Å². The average Bonchev–Trinajstić information content (AvgIpc) is 3.23. The molecule has 0 spiro atoms. The molecule has 2 aromatic rings. The van der Waals surface area contributed by atoms with Crippen molar-refractivity contribution in [2.75, 3.05) is 19.8 Å². The fraction of sp³-hybridized carbons (Fsp3) is 0.632. The van der Waals surface area contributed by atoms with Crippen LogP contribution < -0.4 is 10.3 Å². The molecule has 3 heterocycles. The fourth-order valence-electron chi connectivity index (χ4n) is 3.47. The van der Waals surface area contributed by atoms with Crippen LogP contribution in [0.3, 0.4) is 0 Å². The Bertz CT molecular complexity index is 886. The van der Waals surface area contributed by atoms with Crippen molar-refractivity contribution in [2.45, 2.75) is 57.0 Å². The van der Waals surface area contributed by atoms with Gasteiger partial charge < -0.3 is 19.0 Å². The number of nitrogens with one attached hydrogen (secondary N) is 1. The lowest BCUT2D eigenvalue weighted by atomic mass is 9.90. The van der Waals surface area contributed by atoms with Crippen LogP contribution >= 0.6 is 11.8 Å². The van der Waals surface area contributed by atoms with Crippen LogP contribution in [0, 0.1) is 5.41 Å². The van der Waals surface area contributed by atoms with E-state index in [0.717, 1.165) is 49.4 Å². The summed E-state index contributed by atoms with van der Waals surface area (Å²) in [6.07, 6.45) is 4.57. The molecule has 0 saturated carbocycles. The molecule has 0 atom stereocenters. The first-order valence-corrected chi connectivity index (χ1v) is 10.4. The zero-order valence-corrected chi connectivity index (χ0v) is 16.9. The van der Waals surface area contributed by atoms with Crippen molar-refractivity contribution in [3.63, 3.8) is 0 Å². The van der Waals surface area contributed by atoms with Gasteiger partial charge in [-0.25, -0.2) is 9.97 Å². The molecule has 2 aromatic heterocycles. The monoisotopic (exact) mass is 390 g/mol. The van der Waals surface area contributed by atoms with E-state index in [1.54, 1.807) is 0 Å². The molecule has 1 saturated heterocycles. The van der Waals surface area contributed by atoms with E-state index in [9.17, 15) is 4.79 Å². The topological polar surface area (TPSA) is 82.0 Å². The second-order valence-electron chi connectivity index (χ2n) is 8.03. The summed E-state index contributed by atoms with van der Waals surface area (Å²) in [6, 6.07) is 0.278. The molecular formula is C19H26N4O3S. The minimum atomic E-state index is 0.00625. The summed E-state index contributed by atoms with van der Waals surface area (Å²) in [5.74, 6) is 1.30. The number of aryl methyl sites for hydroxylation is 1. The van der Waals surface area contributed by atoms with Crippen molar-refractivity contribution in [3.8, 4) is 5.88 Å². The maximum absolute atomic E-state index is 12.2. The number of hydrogen-bond acceptors (Lipinski definition) is 6. The predicted octanol–water partition coefficient (Wildman–Crippen LogP) is 2.74. The molecule has 4 rings (SSSR count). The van der Waals surface area contributed by atoms with E-state index in [0.29, 0.717) is 23.4 Å². The Kier molecular flexibility index (Phi) is 5.03. The largest absolute Gasteiger partial charge is 0.476 e. The Labute approximate surface area is 162 Å². The number of aromatic amines is 1. The molecule has 2 aliphatic rings. The lowest BCUT2D eigenvalue weighted by Crippen LogP contribution is -2.44. The maximum Gasteiger partial charge on any atom is 0.254 e. The molecule has 0 unspecified atom stereocenters. The van der Waals surface area contributed by atoms with E-state index < -0.39 is 0 Å². The summed E-state index contributed by atoms with van der Waals surface area (Å²) in [7, 11) is 0. The van der Waals surface area contributed by atoms with Gasteiger partial charge in [-0.15, -0.1) is 0 Å². The highest BCUT2D eigenvalue weighted by molar-refractivity contribution is 7.98. The number of rotatable bonds is 7. The molecule has 0 bridgehead atoms. The molecular weight excluding hydrogens is 364 g/mol. The van der Waals surface area contributed by atoms with Crippen molar-refractivity contribution in [3.05, 3.63) is 33.6 Å². The van der Waals surface area contributed by atoms with Gasteiger partial charge in [0, 0.05) is 22.8 Å². The van der Waals surface area contributed by atoms with E-state index in [1.807, 2.05) is 6.33 Å². The van der Waals surface area contributed by atoms with Gasteiger partial charge in [0.15, 0.2) is 5.16 Å². The molecule has 0 amide bonds. The zero-order chi connectivity index (χ0) is 19.0. The fourth-order valence-corrected chi connectivity index (χ4v) is 4.36. The highest BCUT2D eigenvalue weighted by Gasteiger charge is 2.35. The summed E-state index contributed by atoms with van der Waals surface area (Å²) < 4.78 is 13.5. The van der Waals surface area contributed by atoms with Crippen LogP contribution in [0.1, 0.15) is 50.2 Å². The Hall–Kier alpha value is -1.80. The van der Waals surface area contributed by atoms with Gasteiger partial charge in [-0.2, -0.15) is 0 Å². The molecule has 1 N–H and O–H groups in total. The van der Waals surface area contributed by atoms with Gasteiger partial charge in [-0.3, -0.25) is 4.79 Å². The first-order chi connectivity index (χ1) is 13.0. The van der Waals surface area contributed by atoms with Gasteiger partial charge in [-0.1, -0.05) is 18.7 Å². The third-order valence-corrected chi connectivity index (χ3v) is 6.02. The van der Waals surface area contributed by atoms with Crippen LogP contribution in [0.5, 0.6) is 5.88 Å². The van der Waals surface area contributed by atoms with Crippen molar-refractivity contribution < 1.29 is 9.47 Å². The number of aromatic nitrogens is 4. The van der Waals surface area contributed by atoms with E-state index >= 15 is 0 Å². The number of thioether (sulfide) groups is 1. The molecule has 27 heavy (non-hydrogen) atoms. The molecule has 146 valence electrons. The normalized spacial score (nSPS) is 17.8. The molecule has 0 radical (unpaired) electrons. The second-order valence-corrected chi connectivity index (χ2v) is 8.99. The van der Waals surface area contributed by atoms with Crippen LogP contribution in [0.2, 0.25) is 0 Å². The number of ether oxygens (including phenoxy) is 2. The third-order valence-electron chi connectivity index (χ3n) is 5.14. The Balaban J connectivity index is 1.51. The Morgan fingerprint density at radius 3 is 2.93 bits per heavy atom. The summed E-state index contributed by atoms with van der Waals surface area (Å²) in [5, 5.41) is 0.669. The van der Waals surface area contributed by atoms with E-state index in [-0.39, 0.29) is 17.0 Å². The summed E-state index contributed by atoms with van der Waals surface area (Å²) >= 11 is 1.52. The van der Waals surface area contributed by atoms with Gasteiger partial charge in [0.1, 0.15) is 0 Å². The number of H-pyrrole nitrogens is 1. The lowest BCUT2D eigenvalue weighted by molar-refractivity contribution is -0.120. The van der Waals surface area contributed by atoms with Crippen LogP contribution in [0.4, 0.5) is 0 Å². The van der Waals surface area contributed by atoms with Gasteiger partial charge in [0.25, 0.3) is 5.56 Å². The first kappa shape index (κ1) is 18.6. The summed E-state index contributed by atoms with van der Waals surface area (Å²) in [6.45, 7) is 8.44. The molecule has 8 heteroatoms. The van der Waals surface area contributed by atoms with Gasteiger partial charge in [0.2, 0.25) is 5.88 Å². The van der Waals surface area contributed by atoms with Crippen LogP contribution in [0.25, 0.3) is 0 Å². The Morgan fingerprint density at radius 1 is 1.41 bits per heavy atom. The quantitative estimate of drug-likeness (QED) is 0.578. The van der Waals surface area contributed by atoms with Crippen LogP contribution in [-0.4, -0.2) is 39.3 Å². The van der Waals surface area contributed by atoms with E-state index in [4.69, 9.17) is 9.47 Å². The van der Waals surface area contributed by atoms with Crippen molar-refractivity contribution >= 4 is 11.8 Å². The van der Waals surface area contributed by atoms with Crippen molar-refractivity contribution in [1.82, 2.24) is 19.5 Å². The highest BCUT2D eigenvalue weighted by Crippen LogP contribution is 2.31. The van der Waals surface area contributed by atoms with E-state index in [2.05, 4.69) is 40.3 Å². The zero-order valence-electron chi connectivity index (χ0n) is 16.1. The number of hydrogen-bond donors (Lipinski definition) is 1. The number of imidazole rings is 1. The third kappa shape index (κ3) is 3.78. The smallest absolute Gasteiger partial charge is 0.254 e. The minimum absolute atomic E-state index is 0.00625. The molecule has 1 aliphatic carbocycles. The summed E-state index contributed by atoms with van der Waals surface area (Å²) in [4.78, 5) is 24.3. The standard InChI is InChI=1S/C19H26N4O3S/c1-12(2)23-11-20-17(26-10-19(3)8-25-9-19)15(23)7-27-18-21-14-6-4-5-13(14)16(24)22-18/h11-12H,4-10H2,1-3H3,(H,21,22,24). The maximum atomic E-state index is 12.2. The second kappa shape index (κ2) is 7.31. The van der Waals surface area contributed by atoms with Crippen LogP contribution in [-0.2, 0) is 23.3 Å². The number of nitrogens with zero attached hydrogens (tertiary/aromatic N) is 3. The SMILES string of the molecule is CC(C)n1cnc(OCC2(C)COC2)c1CSc1nc2c(c(=O)[nH]1)CCC2. The number of fused-ring (bicyclic) bond motifs is 1.